The molecule has 0 amide bonds. The molecule has 0 saturated heterocycles. The molecule has 1 aromatic carbocycles. The monoisotopic (exact) mass is 271 g/mol. The Morgan fingerprint density at radius 2 is 1.74 bits per heavy atom. The molecule has 0 aromatic heterocycles. The average molecular weight is 271 g/mol. The van der Waals surface area contributed by atoms with Crippen LogP contribution in [0.4, 0.5) is 8.78 Å². The van der Waals surface area contributed by atoms with Crippen LogP contribution in [0.25, 0.3) is 0 Å². The van der Waals surface area contributed by atoms with Gasteiger partial charge in [0, 0.05) is 12.7 Å². The third-order valence-corrected chi connectivity index (χ3v) is 3.36. The molecule has 108 valence electrons. The normalized spacial score (nSPS) is 15.4. The Balaban J connectivity index is 3.28. The summed E-state index contributed by atoms with van der Waals surface area (Å²) in [5.74, 6) is -1.59. The molecule has 0 aliphatic rings. The van der Waals surface area contributed by atoms with Gasteiger partial charge < -0.3 is 10.1 Å². The summed E-state index contributed by atoms with van der Waals surface area (Å²) in [5.41, 5.74) is 0.407. The van der Waals surface area contributed by atoms with E-state index in [2.05, 4.69) is 5.32 Å². The van der Waals surface area contributed by atoms with Gasteiger partial charge in [-0.2, -0.15) is 0 Å². The van der Waals surface area contributed by atoms with Crippen LogP contribution in [0.15, 0.2) is 12.1 Å². The summed E-state index contributed by atoms with van der Waals surface area (Å²) in [4.78, 5) is 0. The van der Waals surface area contributed by atoms with Crippen LogP contribution in [0, 0.1) is 24.0 Å². The highest BCUT2D eigenvalue weighted by Gasteiger charge is 2.34. The molecular weight excluding hydrogens is 248 g/mol. The smallest absolute Gasteiger partial charge is 0.163 e. The van der Waals surface area contributed by atoms with Crippen molar-refractivity contribution in [3.8, 4) is 0 Å². The molecule has 0 fully saturated rings. The summed E-state index contributed by atoms with van der Waals surface area (Å²) in [6.45, 7) is 7.57. The van der Waals surface area contributed by atoms with Crippen molar-refractivity contribution in [3.05, 3.63) is 34.9 Å². The first-order valence-corrected chi connectivity index (χ1v) is 6.38. The highest BCUT2D eigenvalue weighted by atomic mass is 19.2. The highest BCUT2D eigenvalue weighted by molar-refractivity contribution is 5.29. The fourth-order valence-corrected chi connectivity index (χ4v) is 2.36. The van der Waals surface area contributed by atoms with E-state index in [1.807, 2.05) is 20.8 Å². The molecule has 0 aliphatic carbocycles. The Bertz CT molecular complexity index is 441. The lowest BCUT2D eigenvalue weighted by atomic mass is 9.81. The molecule has 4 heteroatoms. The van der Waals surface area contributed by atoms with Gasteiger partial charge in [-0.25, -0.2) is 8.78 Å². The van der Waals surface area contributed by atoms with E-state index in [1.165, 1.54) is 0 Å². The van der Waals surface area contributed by atoms with E-state index in [-0.39, 0.29) is 11.5 Å². The van der Waals surface area contributed by atoms with Gasteiger partial charge in [0.25, 0.3) is 0 Å². The molecule has 0 bridgehead atoms. The zero-order chi connectivity index (χ0) is 14.8. The van der Waals surface area contributed by atoms with Gasteiger partial charge in [0.2, 0.25) is 0 Å². The van der Waals surface area contributed by atoms with Crippen molar-refractivity contribution in [2.45, 2.75) is 39.8 Å². The van der Waals surface area contributed by atoms with Gasteiger partial charge in [-0.1, -0.05) is 32.9 Å². The zero-order valence-electron chi connectivity index (χ0n) is 12.5. The van der Waals surface area contributed by atoms with E-state index in [4.69, 9.17) is 4.74 Å². The second-order valence-corrected chi connectivity index (χ2v) is 5.89. The van der Waals surface area contributed by atoms with Crippen LogP contribution >= 0.6 is 0 Å². The van der Waals surface area contributed by atoms with Crippen molar-refractivity contribution in [3.63, 3.8) is 0 Å². The third kappa shape index (κ3) is 3.31. The minimum Gasteiger partial charge on any atom is -0.379 e. The van der Waals surface area contributed by atoms with E-state index in [1.54, 1.807) is 33.2 Å². The van der Waals surface area contributed by atoms with Crippen molar-refractivity contribution < 1.29 is 13.5 Å². The topological polar surface area (TPSA) is 21.3 Å². The lowest BCUT2D eigenvalue weighted by Gasteiger charge is -2.36. The minimum atomic E-state index is -0.800. The van der Waals surface area contributed by atoms with Crippen LogP contribution < -0.4 is 5.32 Å². The average Bonchev–Trinajstić information content (AvgIpc) is 2.32. The number of ether oxygens (including phenoxy) is 1. The van der Waals surface area contributed by atoms with E-state index < -0.39 is 17.7 Å². The van der Waals surface area contributed by atoms with Gasteiger partial charge in [-0.3, -0.25) is 0 Å². The van der Waals surface area contributed by atoms with E-state index >= 15 is 0 Å². The summed E-state index contributed by atoms with van der Waals surface area (Å²) in [6.07, 6.45) is -0.269. The number of methoxy groups -OCH3 is 1. The lowest BCUT2D eigenvalue weighted by molar-refractivity contribution is -0.0111. The van der Waals surface area contributed by atoms with E-state index in [0.717, 1.165) is 0 Å². The van der Waals surface area contributed by atoms with Gasteiger partial charge in [-0.05, 0) is 24.9 Å². The SMILES string of the molecule is CNC(c1ccc(C)c(F)c1F)C(OC)C(C)(C)C. The number of rotatable bonds is 4. The molecule has 1 N–H and O–H groups in total. The molecule has 19 heavy (non-hydrogen) atoms. The number of aryl methyl sites for hydroxylation is 1. The maximum atomic E-state index is 14.1. The van der Waals surface area contributed by atoms with Crippen LogP contribution in [-0.2, 0) is 4.74 Å². The maximum absolute atomic E-state index is 14.1. The van der Waals surface area contributed by atoms with E-state index in [9.17, 15) is 8.78 Å². The van der Waals surface area contributed by atoms with Gasteiger partial charge in [-0.15, -0.1) is 0 Å². The number of likely N-dealkylation sites (N-methyl/N-ethyl adjacent to an activating group) is 1. The lowest BCUT2D eigenvalue weighted by Crippen LogP contribution is -2.40. The molecule has 2 atom stereocenters. The first-order valence-electron chi connectivity index (χ1n) is 6.38. The summed E-state index contributed by atoms with van der Waals surface area (Å²) in [5, 5.41) is 3.03. The Hall–Kier alpha value is -1.00. The van der Waals surface area contributed by atoms with Crippen molar-refractivity contribution in [2.75, 3.05) is 14.2 Å². The van der Waals surface area contributed by atoms with Crippen LogP contribution in [0.3, 0.4) is 0 Å². The van der Waals surface area contributed by atoms with Crippen molar-refractivity contribution in [1.29, 1.82) is 0 Å². The number of hydrogen-bond donors (Lipinski definition) is 1. The number of benzene rings is 1. The Labute approximate surface area is 114 Å². The van der Waals surface area contributed by atoms with E-state index in [0.29, 0.717) is 11.1 Å². The minimum absolute atomic E-state index is 0.198. The van der Waals surface area contributed by atoms with Crippen molar-refractivity contribution in [1.82, 2.24) is 5.32 Å². The van der Waals surface area contributed by atoms with Gasteiger partial charge >= 0.3 is 0 Å². The fourth-order valence-electron chi connectivity index (χ4n) is 2.36. The standard InChI is InChI=1S/C15H23F2NO/c1-9-7-8-10(12(17)11(9)16)13(18-5)14(19-6)15(2,3)4/h7-8,13-14,18H,1-6H3. The van der Waals surface area contributed by atoms with Crippen LogP contribution in [0.5, 0.6) is 0 Å². The van der Waals surface area contributed by atoms with Gasteiger partial charge in [0.15, 0.2) is 11.6 Å². The molecular formula is C15H23F2NO. The molecule has 1 aromatic rings. The summed E-state index contributed by atoms with van der Waals surface area (Å²) >= 11 is 0. The van der Waals surface area contributed by atoms with Crippen molar-refractivity contribution >= 4 is 0 Å². The first-order chi connectivity index (χ1) is 8.73. The molecule has 0 heterocycles. The molecule has 2 nitrogen and oxygen atoms in total. The predicted octanol–water partition coefficient (Wildman–Crippen LogP) is 3.59. The second kappa shape index (κ2) is 5.97. The van der Waals surface area contributed by atoms with Crippen molar-refractivity contribution in [2.24, 2.45) is 5.41 Å². The second-order valence-electron chi connectivity index (χ2n) is 5.89. The Morgan fingerprint density at radius 3 is 2.16 bits per heavy atom. The largest absolute Gasteiger partial charge is 0.379 e. The van der Waals surface area contributed by atoms with Crippen LogP contribution in [0.2, 0.25) is 0 Å². The molecule has 0 radical (unpaired) electrons. The fraction of sp³-hybridized carbons (Fsp3) is 0.600. The van der Waals surface area contributed by atoms with Crippen LogP contribution in [-0.4, -0.2) is 20.3 Å². The molecule has 2 unspecified atom stereocenters. The highest BCUT2D eigenvalue weighted by Crippen LogP contribution is 2.34. The zero-order valence-corrected chi connectivity index (χ0v) is 12.5. The summed E-state index contributed by atoms with van der Waals surface area (Å²) in [6, 6.07) is 2.81. The third-order valence-electron chi connectivity index (χ3n) is 3.36. The van der Waals surface area contributed by atoms with Crippen LogP contribution in [0.1, 0.15) is 37.9 Å². The Morgan fingerprint density at radius 1 is 1.16 bits per heavy atom. The number of halogens is 2. The molecule has 1 rings (SSSR count). The molecule has 0 spiro atoms. The quantitative estimate of drug-likeness (QED) is 0.903. The first kappa shape index (κ1) is 16.1. The molecule has 0 saturated carbocycles. The maximum Gasteiger partial charge on any atom is 0.163 e. The molecule has 0 aliphatic heterocycles. The summed E-state index contributed by atoms with van der Waals surface area (Å²) < 4.78 is 33.3. The Kier molecular flexibility index (Phi) is 5.04. The van der Waals surface area contributed by atoms with Gasteiger partial charge in [0.05, 0.1) is 12.1 Å². The predicted molar refractivity (Wildman–Crippen MR) is 73.1 cm³/mol. The number of hydrogen-bond acceptors (Lipinski definition) is 2. The summed E-state index contributed by atoms with van der Waals surface area (Å²) in [7, 11) is 3.31. The number of nitrogens with one attached hydrogen (secondary N) is 1. The van der Waals surface area contributed by atoms with Gasteiger partial charge in [0.1, 0.15) is 0 Å².